The Labute approximate surface area is 147 Å². The van der Waals surface area contributed by atoms with Crippen LogP contribution >= 0.6 is 11.8 Å². The van der Waals surface area contributed by atoms with Crippen molar-refractivity contribution in [1.29, 1.82) is 0 Å². The predicted octanol–water partition coefficient (Wildman–Crippen LogP) is 3.93. The first-order chi connectivity index (χ1) is 11.8. The van der Waals surface area contributed by atoms with Crippen LogP contribution in [0.25, 0.3) is 0 Å². The quantitative estimate of drug-likeness (QED) is 0.477. The second-order valence-electron chi connectivity index (χ2n) is 5.27. The van der Waals surface area contributed by atoms with E-state index in [-0.39, 0.29) is 0 Å². The highest BCUT2D eigenvalue weighted by atomic mass is 32.2. The average molecular weight is 345 g/mol. The van der Waals surface area contributed by atoms with E-state index in [0.717, 1.165) is 42.3 Å². The summed E-state index contributed by atoms with van der Waals surface area (Å²) < 4.78 is 5.60. The van der Waals surface area contributed by atoms with E-state index in [1.54, 1.807) is 23.9 Å². The van der Waals surface area contributed by atoms with Crippen molar-refractivity contribution in [3.8, 4) is 5.75 Å². The fourth-order valence-electron chi connectivity index (χ4n) is 2.19. The van der Waals surface area contributed by atoms with Crippen molar-refractivity contribution in [2.75, 3.05) is 25.4 Å². The number of aromatic carboxylic acids is 1. The standard InChI is InChI=1S/C19H23NO3S/c21-19(22)17-10-4-5-11-18(17)24-15-7-6-12-20-13-14-23-16-8-2-1-3-9-16/h1-5,8-11,20H,6-7,12-15H2,(H,21,22). The number of unbranched alkanes of at least 4 members (excludes halogenated alkanes) is 1. The van der Waals surface area contributed by atoms with Gasteiger partial charge in [-0.05, 0) is 49.4 Å². The molecule has 0 spiro atoms. The Hall–Kier alpha value is -1.98. The molecule has 128 valence electrons. The lowest BCUT2D eigenvalue weighted by Gasteiger charge is -2.08. The number of ether oxygens (including phenoxy) is 1. The van der Waals surface area contributed by atoms with Crippen LogP contribution in [-0.4, -0.2) is 36.5 Å². The zero-order valence-electron chi connectivity index (χ0n) is 13.6. The first-order valence-corrected chi connectivity index (χ1v) is 9.09. The summed E-state index contributed by atoms with van der Waals surface area (Å²) in [7, 11) is 0. The van der Waals surface area contributed by atoms with E-state index in [2.05, 4.69) is 5.32 Å². The van der Waals surface area contributed by atoms with Crippen LogP contribution in [0.5, 0.6) is 5.75 Å². The first-order valence-electron chi connectivity index (χ1n) is 8.11. The number of rotatable bonds is 11. The Morgan fingerprint density at radius 3 is 2.54 bits per heavy atom. The molecule has 0 aromatic heterocycles. The molecule has 0 atom stereocenters. The fraction of sp³-hybridized carbons (Fsp3) is 0.316. The molecule has 2 aromatic carbocycles. The van der Waals surface area contributed by atoms with Crippen LogP contribution in [0.15, 0.2) is 59.5 Å². The zero-order valence-corrected chi connectivity index (χ0v) is 14.4. The molecule has 24 heavy (non-hydrogen) atoms. The molecule has 0 bridgehead atoms. The van der Waals surface area contributed by atoms with Gasteiger partial charge >= 0.3 is 5.97 Å². The molecule has 0 saturated heterocycles. The topological polar surface area (TPSA) is 58.6 Å². The molecule has 5 heteroatoms. The van der Waals surface area contributed by atoms with Gasteiger partial charge in [0.1, 0.15) is 12.4 Å². The Bertz CT molecular complexity index is 619. The van der Waals surface area contributed by atoms with Gasteiger partial charge in [0.2, 0.25) is 0 Å². The lowest BCUT2D eigenvalue weighted by atomic mass is 10.2. The molecule has 0 aliphatic rings. The van der Waals surface area contributed by atoms with E-state index in [4.69, 9.17) is 9.84 Å². The van der Waals surface area contributed by atoms with Crippen LogP contribution in [0.3, 0.4) is 0 Å². The number of carbonyl (C=O) groups is 1. The number of hydrogen-bond donors (Lipinski definition) is 2. The molecule has 0 radical (unpaired) electrons. The number of nitrogens with one attached hydrogen (secondary N) is 1. The number of hydrogen-bond acceptors (Lipinski definition) is 4. The molecule has 0 unspecified atom stereocenters. The highest BCUT2D eigenvalue weighted by Gasteiger charge is 2.08. The van der Waals surface area contributed by atoms with Crippen molar-refractivity contribution in [1.82, 2.24) is 5.32 Å². The van der Waals surface area contributed by atoms with E-state index >= 15 is 0 Å². The van der Waals surface area contributed by atoms with E-state index in [1.807, 2.05) is 42.5 Å². The van der Waals surface area contributed by atoms with Gasteiger partial charge in [-0.1, -0.05) is 30.3 Å². The van der Waals surface area contributed by atoms with Gasteiger partial charge in [0.25, 0.3) is 0 Å². The van der Waals surface area contributed by atoms with E-state index in [1.165, 1.54) is 0 Å². The van der Waals surface area contributed by atoms with Gasteiger partial charge in [-0.3, -0.25) is 0 Å². The van der Waals surface area contributed by atoms with Gasteiger partial charge in [-0.25, -0.2) is 4.79 Å². The van der Waals surface area contributed by atoms with Crippen LogP contribution in [0, 0.1) is 0 Å². The minimum absolute atomic E-state index is 0.388. The summed E-state index contributed by atoms with van der Waals surface area (Å²) in [5.74, 6) is 0.956. The average Bonchev–Trinajstić information content (AvgIpc) is 2.61. The second-order valence-corrected chi connectivity index (χ2v) is 6.41. The summed E-state index contributed by atoms with van der Waals surface area (Å²) in [6, 6.07) is 17.0. The molecule has 0 amide bonds. The maximum absolute atomic E-state index is 11.1. The Morgan fingerprint density at radius 2 is 1.75 bits per heavy atom. The molecule has 0 saturated carbocycles. The molecule has 4 nitrogen and oxygen atoms in total. The number of carboxylic acids is 1. The largest absolute Gasteiger partial charge is 0.492 e. The summed E-state index contributed by atoms with van der Waals surface area (Å²) in [4.78, 5) is 12.0. The van der Waals surface area contributed by atoms with Crippen molar-refractivity contribution < 1.29 is 14.6 Å². The highest BCUT2D eigenvalue weighted by molar-refractivity contribution is 7.99. The van der Waals surface area contributed by atoms with Crippen molar-refractivity contribution in [2.45, 2.75) is 17.7 Å². The fourth-order valence-corrected chi connectivity index (χ4v) is 3.24. The molecule has 0 heterocycles. The van der Waals surface area contributed by atoms with Gasteiger partial charge < -0.3 is 15.2 Å². The number of benzene rings is 2. The van der Waals surface area contributed by atoms with Crippen molar-refractivity contribution >= 4 is 17.7 Å². The Morgan fingerprint density at radius 1 is 1.00 bits per heavy atom. The minimum Gasteiger partial charge on any atom is -0.492 e. The van der Waals surface area contributed by atoms with Crippen molar-refractivity contribution in [3.63, 3.8) is 0 Å². The molecular weight excluding hydrogens is 322 g/mol. The van der Waals surface area contributed by atoms with Crippen LogP contribution in [0.2, 0.25) is 0 Å². The Kier molecular flexibility index (Phi) is 8.21. The third kappa shape index (κ3) is 6.64. The van der Waals surface area contributed by atoms with E-state index in [0.29, 0.717) is 12.2 Å². The highest BCUT2D eigenvalue weighted by Crippen LogP contribution is 2.23. The lowest BCUT2D eigenvalue weighted by Crippen LogP contribution is -2.22. The SMILES string of the molecule is O=C(O)c1ccccc1SCCCCNCCOc1ccccc1. The van der Waals surface area contributed by atoms with Crippen molar-refractivity contribution in [3.05, 3.63) is 60.2 Å². The Balaban J connectivity index is 1.51. The van der Waals surface area contributed by atoms with Crippen LogP contribution in [0.4, 0.5) is 0 Å². The van der Waals surface area contributed by atoms with Gasteiger partial charge in [-0.2, -0.15) is 0 Å². The van der Waals surface area contributed by atoms with Gasteiger partial charge in [0, 0.05) is 11.4 Å². The van der Waals surface area contributed by atoms with Gasteiger partial charge in [0.05, 0.1) is 5.56 Å². The minimum atomic E-state index is -0.863. The summed E-state index contributed by atoms with van der Waals surface area (Å²) in [6.45, 7) is 2.42. The number of thioether (sulfide) groups is 1. The monoisotopic (exact) mass is 345 g/mol. The predicted molar refractivity (Wildman–Crippen MR) is 98.2 cm³/mol. The maximum Gasteiger partial charge on any atom is 0.336 e. The summed E-state index contributed by atoms with van der Waals surface area (Å²) in [6.07, 6.45) is 2.11. The smallest absolute Gasteiger partial charge is 0.336 e. The second kappa shape index (κ2) is 10.7. The summed E-state index contributed by atoms with van der Waals surface area (Å²) in [5.41, 5.74) is 0.388. The van der Waals surface area contributed by atoms with E-state index < -0.39 is 5.97 Å². The third-order valence-electron chi connectivity index (χ3n) is 3.41. The normalized spacial score (nSPS) is 10.5. The van der Waals surface area contributed by atoms with Gasteiger partial charge in [-0.15, -0.1) is 11.8 Å². The number of carboxylic acid groups (broad SMARTS) is 1. The van der Waals surface area contributed by atoms with Gasteiger partial charge in [0.15, 0.2) is 0 Å². The van der Waals surface area contributed by atoms with Crippen LogP contribution in [-0.2, 0) is 0 Å². The van der Waals surface area contributed by atoms with Crippen LogP contribution < -0.4 is 10.1 Å². The molecule has 2 aromatic rings. The van der Waals surface area contributed by atoms with E-state index in [9.17, 15) is 4.79 Å². The molecular formula is C19H23NO3S. The van der Waals surface area contributed by atoms with Crippen molar-refractivity contribution in [2.24, 2.45) is 0 Å². The third-order valence-corrected chi connectivity index (χ3v) is 4.57. The first kappa shape index (κ1) is 18.4. The lowest BCUT2D eigenvalue weighted by molar-refractivity contribution is 0.0693. The molecule has 0 fully saturated rings. The zero-order chi connectivity index (χ0) is 17.0. The molecule has 0 aliphatic carbocycles. The molecule has 2 rings (SSSR count). The maximum atomic E-state index is 11.1. The summed E-state index contributed by atoms with van der Waals surface area (Å²) in [5, 5.41) is 12.5. The molecule has 2 N–H and O–H groups in total. The van der Waals surface area contributed by atoms with Crippen LogP contribution in [0.1, 0.15) is 23.2 Å². The summed E-state index contributed by atoms with van der Waals surface area (Å²) >= 11 is 1.61. The molecule has 0 aliphatic heterocycles. The number of para-hydroxylation sites is 1.